The number of carbonyl (C=O) groups is 1. The largest absolute Gasteiger partial charge is 0.480 e. The number of carboxylic acids is 1. The second-order valence-corrected chi connectivity index (χ2v) is 5.58. The normalized spacial score (nSPS) is 12.4. The first-order valence-corrected chi connectivity index (χ1v) is 7.07. The lowest BCUT2D eigenvalue weighted by atomic mass is 10.2. The number of nitrogens with zero attached hydrogens (tertiary/aromatic N) is 3. The zero-order valence-corrected chi connectivity index (χ0v) is 11.9. The monoisotopic (exact) mass is 301 g/mol. The summed E-state index contributed by atoms with van der Waals surface area (Å²) in [6, 6.07) is 10.3. The van der Waals surface area contributed by atoms with Crippen LogP contribution < -0.4 is 5.56 Å². The molecule has 7 heteroatoms. The highest BCUT2D eigenvalue weighted by Crippen LogP contribution is 2.30. The van der Waals surface area contributed by atoms with Gasteiger partial charge in [0.2, 0.25) is 0 Å². The van der Waals surface area contributed by atoms with Crippen LogP contribution in [0.5, 0.6) is 0 Å². The third-order valence-electron chi connectivity index (χ3n) is 3.17. The summed E-state index contributed by atoms with van der Waals surface area (Å²) >= 11 is 1.36. The van der Waals surface area contributed by atoms with Gasteiger partial charge in [-0.25, -0.2) is 4.79 Å². The quantitative estimate of drug-likeness (QED) is 0.801. The Morgan fingerprint density at radius 2 is 2.05 bits per heavy atom. The first kappa shape index (κ1) is 13.4. The van der Waals surface area contributed by atoms with Gasteiger partial charge in [0.25, 0.3) is 5.56 Å². The summed E-state index contributed by atoms with van der Waals surface area (Å²) in [7, 11) is 0. The zero-order chi connectivity index (χ0) is 15.0. The summed E-state index contributed by atoms with van der Waals surface area (Å²) in [5.74, 6) is -1.12. The Morgan fingerprint density at radius 3 is 2.71 bits per heavy atom. The van der Waals surface area contributed by atoms with Crippen molar-refractivity contribution in [3.63, 3.8) is 0 Å². The number of aliphatic carboxylic acids is 1. The molecule has 2 aromatic heterocycles. The lowest BCUT2D eigenvalue weighted by molar-refractivity contribution is -0.140. The number of hydrogen-bond donors (Lipinski definition) is 1. The lowest BCUT2D eigenvalue weighted by Gasteiger charge is -2.06. The molecule has 3 aromatic rings. The Bertz CT molecular complexity index is 870. The molecule has 1 aromatic carbocycles. The van der Waals surface area contributed by atoms with E-state index in [4.69, 9.17) is 5.11 Å². The Kier molecular flexibility index (Phi) is 3.26. The van der Waals surface area contributed by atoms with E-state index in [9.17, 15) is 9.59 Å². The predicted molar refractivity (Wildman–Crippen MR) is 79.5 cm³/mol. The maximum atomic E-state index is 12.3. The van der Waals surface area contributed by atoms with Crippen LogP contribution in [0.15, 0.2) is 41.2 Å². The fourth-order valence-corrected chi connectivity index (χ4v) is 2.94. The highest BCUT2D eigenvalue weighted by atomic mass is 32.1. The molecule has 0 spiro atoms. The zero-order valence-electron chi connectivity index (χ0n) is 11.1. The Hall–Kier alpha value is -2.54. The number of rotatable bonds is 3. The summed E-state index contributed by atoms with van der Waals surface area (Å²) in [5, 5.41) is 17.1. The standard InChI is InChI=1S/C14H11N3O3S/c1-8(14(19)20)17-13(18)10-7-11(21-12(10)15-16-17)9-5-3-2-4-6-9/h2-8H,1H3,(H,19,20). The summed E-state index contributed by atoms with van der Waals surface area (Å²) in [5.41, 5.74) is 0.547. The first-order valence-electron chi connectivity index (χ1n) is 6.25. The van der Waals surface area contributed by atoms with E-state index in [2.05, 4.69) is 10.3 Å². The van der Waals surface area contributed by atoms with E-state index in [-0.39, 0.29) is 0 Å². The van der Waals surface area contributed by atoms with Crippen molar-refractivity contribution in [2.75, 3.05) is 0 Å². The molecule has 3 rings (SSSR count). The van der Waals surface area contributed by atoms with Gasteiger partial charge in [0.05, 0.1) is 5.39 Å². The molecule has 0 saturated carbocycles. The van der Waals surface area contributed by atoms with Crippen LogP contribution in [0.1, 0.15) is 13.0 Å². The number of benzene rings is 1. The maximum Gasteiger partial charge on any atom is 0.328 e. The fraction of sp³-hybridized carbons (Fsp3) is 0.143. The predicted octanol–water partition coefficient (Wildman–Crippen LogP) is 2.17. The Labute approximate surface area is 123 Å². The molecule has 1 atom stereocenters. The number of hydrogen-bond acceptors (Lipinski definition) is 5. The van der Waals surface area contributed by atoms with Gasteiger partial charge in [0.1, 0.15) is 0 Å². The van der Waals surface area contributed by atoms with Crippen molar-refractivity contribution in [2.45, 2.75) is 13.0 Å². The molecule has 2 heterocycles. The van der Waals surface area contributed by atoms with Crippen LogP contribution in [0.25, 0.3) is 20.7 Å². The molecule has 106 valence electrons. The van der Waals surface area contributed by atoms with Crippen LogP contribution in [-0.2, 0) is 4.79 Å². The van der Waals surface area contributed by atoms with Crippen LogP contribution in [0, 0.1) is 0 Å². The van der Waals surface area contributed by atoms with Crippen LogP contribution in [0.3, 0.4) is 0 Å². The maximum absolute atomic E-state index is 12.3. The van der Waals surface area contributed by atoms with E-state index in [1.54, 1.807) is 6.07 Å². The molecule has 6 nitrogen and oxygen atoms in total. The molecule has 21 heavy (non-hydrogen) atoms. The minimum atomic E-state index is -1.12. The van der Waals surface area contributed by atoms with Crippen molar-refractivity contribution < 1.29 is 9.90 Å². The molecule has 0 fully saturated rings. The number of carboxylic acid groups (broad SMARTS) is 1. The molecule has 0 aliphatic rings. The summed E-state index contributed by atoms with van der Waals surface area (Å²) in [6.45, 7) is 1.40. The molecular weight excluding hydrogens is 290 g/mol. The van der Waals surface area contributed by atoms with Gasteiger partial charge in [-0.05, 0) is 18.6 Å². The van der Waals surface area contributed by atoms with Crippen molar-refractivity contribution in [2.24, 2.45) is 0 Å². The van der Waals surface area contributed by atoms with Crippen LogP contribution >= 0.6 is 11.3 Å². The third kappa shape index (κ3) is 2.31. The minimum absolute atomic E-state index is 0.391. The van der Waals surface area contributed by atoms with Gasteiger partial charge < -0.3 is 5.11 Å². The minimum Gasteiger partial charge on any atom is -0.480 e. The van der Waals surface area contributed by atoms with Crippen molar-refractivity contribution in [1.82, 2.24) is 15.0 Å². The number of thiophene rings is 1. The Balaban J connectivity index is 2.17. The average molecular weight is 301 g/mol. The van der Waals surface area contributed by atoms with Gasteiger partial charge in [-0.1, -0.05) is 35.5 Å². The number of aromatic nitrogens is 3. The molecule has 0 radical (unpaired) electrons. The highest BCUT2D eigenvalue weighted by molar-refractivity contribution is 7.21. The van der Waals surface area contributed by atoms with Gasteiger partial charge in [-0.15, -0.1) is 16.4 Å². The van der Waals surface area contributed by atoms with Crippen LogP contribution in [-0.4, -0.2) is 26.1 Å². The molecule has 0 aliphatic carbocycles. The molecule has 0 amide bonds. The van der Waals surface area contributed by atoms with E-state index in [1.807, 2.05) is 30.3 Å². The Morgan fingerprint density at radius 1 is 1.33 bits per heavy atom. The fourth-order valence-electron chi connectivity index (χ4n) is 1.96. The SMILES string of the molecule is CC(C(=O)O)n1nnc2sc(-c3ccccc3)cc2c1=O. The van der Waals surface area contributed by atoms with E-state index in [0.29, 0.717) is 10.2 Å². The highest BCUT2D eigenvalue weighted by Gasteiger charge is 2.19. The first-order chi connectivity index (χ1) is 10.1. The van der Waals surface area contributed by atoms with Gasteiger partial charge >= 0.3 is 5.97 Å². The van der Waals surface area contributed by atoms with Crippen LogP contribution in [0.2, 0.25) is 0 Å². The summed E-state index contributed by atoms with van der Waals surface area (Å²) in [4.78, 5) is 24.7. The molecular formula is C14H11N3O3S. The van der Waals surface area contributed by atoms with E-state index in [0.717, 1.165) is 15.1 Å². The van der Waals surface area contributed by atoms with Crippen molar-refractivity contribution >= 4 is 27.5 Å². The van der Waals surface area contributed by atoms with E-state index < -0.39 is 17.6 Å². The smallest absolute Gasteiger partial charge is 0.328 e. The molecule has 0 aliphatic heterocycles. The molecule has 1 unspecified atom stereocenters. The summed E-state index contributed by atoms with van der Waals surface area (Å²) < 4.78 is 0.895. The van der Waals surface area contributed by atoms with Crippen molar-refractivity contribution in [1.29, 1.82) is 0 Å². The van der Waals surface area contributed by atoms with Gasteiger partial charge in [-0.3, -0.25) is 4.79 Å². The van der Waals surface area contributed by atoms with E-state index >= 15 is 0 Å². The molecule has 1 N–H and O–H groups in total. The summed E-state index contributed by atoms with van der Waals surface area (Å²) in [6.07, 6.45) is 0. The lowest BCUT2D eigenvalue weighted by Crippen LogP contribution is -2.30. The van der Waals surface area contributed by atoms with Crippen molar-refractivity contribution in [3.05, 3.63) is 46.8 Å². The third-order valence-corrected chi connectivity index (χ3v) is 4.23. The second-order valence-electron chi connectivity index (χ2n) is 4.55. The topological polar surface area (TPSA) is 85.1 Å². The second kappa shape index (κ2) is 5.10. The van der Waals surface area contributed by atoms with Gasteiger partial charge in [0.15, 0.2) is 10.9 Å². The molecule has 0 bridgehead atoms. The van der Waals surface area contributed by atoms with Gasteiger partial charge in [-0.2, -0.15) is 4.68 Å². The average Bonchev–Trinajstić information content (AvgIpc) is 2.93. The van der Waals surface area contributed by atoms with Crippen LogP contribution in [0.4, 0.5) is 0 Å². The van der Waals surface area contributed by atoms with E-state index in [1.165, 1.54) is 18.3 Å². The van der Waals surface area contributed by atoms with Gasteiger partial charge in [0, 0.05) is 4.88 Å². The number of fused-ring (bicyclic) bond motifs is 1. The molecule has 0 saturated heterocycles. The van der Waals surface area contributed by atoms with Crippen molar-refractivity contribution in [3.8, 4) is 10.4 Å².